The van der Waals surface area contributed by atoms with Crippen LogP contribution < -0.4 is 9.46 Å². The molecule has 2 aromatic rings. The van der Waals surface area contributed by atoms with Gasteiger partial charge in [0, 0.05) is 5.69 Å². The van der Waals surface area contributed by atoms with Gasteiger partial charge in [-0.3, -0.25) is 4.72 Å². The largest absolute Gasteiger partial charge is 0.494 e. The van der Waals surface area contributed by atoms with E-state index in [2.05, 4.69) is 4.72 Å². The molecule has 0 saturated heterocycles. The second-order valence-electron chi connectivity index (χ2n) is 4.14. The summed E-state index contributed by atoms with van der Waals surface area (Å²) in [5.41, 5.74) is 0.374. The Morgan fingerprint density at radius 3 is 2.43 bits per heavy atom. The van der Waals surface area contributed by atoms with Crippen LogP contribution in [-0.2, 0) is 10.0 Å². The smallest absolute Gasteiger partial charge is 0.261 e. The first-order valence-corrected chi connectivity index (χ1v) is 7.99. The molecule has 0 radical (unpaired) electrons. The van der Waals surface area contributed by atoms with Crippen LogP contribution in [0.4, 0.5) is 10.1 Å². The number of nitrogens with one attached hydrogen (secondary N) is 1. The van der Waals surface area contributed by atoms with Gasteiger partial charge in [-0.1, -0.05) is 11.6 Å². The molecule has 1 N–H and O–H groups in total. The maximum absolute atomic E-state index is 13.1. The Kier molecular flexibility index (Phi) is 4.69. The zero-order valence-corrected chi connectivity index (χ0v) is 12.7. The molecule has 0 bridgehead atoms. The Balaban J connectivity index is 2.22. The molecular formula is C14H13ClFNO3S. The summed E-state index contributed by atoms with van der Waals surface area (Å²) in [5, 5.41) is -0.246. The van der Waals surface area contributed by atoms with Crippen molar-refractivity contribution in [1.82, 2.24) is 0 Å². The van der Waals surface area contributed by atoms with Gasteiger partial charge in [0.2, 0.25) is 0 Å². The second-order valence-corrected chi connectivity index (χ2v) is 6.23. The van der Waals surface area contributed by atoms with E-state index >= 15 is 0 Å². The van der Waals surface area contributed by atoms with Crippen LogP contribution in [0, 0.1) is 5.82 Å². The predicted octanol–water partition coefficient (Wildman–Crippen LogP) is 3.68. The third kappa shape index (κ3) is 3.86. The van der Waals surface area contributed by atoms with Crippen LogP contribution in [0.3, 0.4) is 0 Å². The Hall–Kier alpha value is -1.79. The summed E-state index contributed by atoms with van der Waals surface area (Å²) < 4.78 is 45.0. The minimum Gasteiger partial charge on any atom is -0.494 e. The fourth-order valence-corrected chi connectivity index (χ4v) is 2.97. The van der Waals surface area contributed by atoms with Gasteiger partial charge in [-0.2, -0.15) is 0 Å². The molecule has 0 unspecified atom stereocenters. The van der Waals surface area contributed by atoms with Crippen LogP contribution in [0.5, 0.6) is 5.75 Å². The van der Waals surface area contributed by atoms with E-state index in [1.54, 1.807) is 24.3 Å². The molecule has 0 atom stereocenters. The lowest BCUT2D eigenvalue weighted by Crippen LogP contribution is -2.13. The second kappa shape index (κ2) is 6.32. The molecule has 0 heterocycles. The van der Waals surface area contributed by atoms with Gasteiger partial charge in [-0.15, -0.1) is 0 Å². The molecule has 0 amide bonds. The lowest BCUT2D eigenvalue weighted by atomic mass is 10.3. The summed E-state index contributed by atoms with van der Waals surface area (Å²) in [6.45, 7) is 2.38. The average molecular weight is 330 g/mol. The van der Waals surface area contributed by atoms with Crippen molar-refractivity contribution in [3.63, 3.8) is 0 Å². The van der Waals surface area contributed by atoms with Crippen molar-refractivity contribution in [2.75, 3.05) is 11.3 Å². The van der Waals surface area contributed by atoms with Crippen molar-refractivity contribution in [2.24, 2.45) is 0 Å². The molecule has 2 rings (SSSR count). The molecule has 0 aliphatic rings. The van der Waals surface area contributed by atoms with Gasteiger partial charge in [0.1, 0.15) is 11.6 Å². The highest BCUT2D eigenvalue weighted by Crippen LogP contribution is 2.23. The Labute approximate surface area is 127 Å². The van der Waals surface area contributed by atoms with E-state index in [1.165, 1.54) is 0 Å². The number of hydrogen-bond acceptors (Lipinski definition) is 3. The standard InChI is InChI=1S/C14H13ClFNO3S/c1-2-20-11-5-3-10(4-6-11)17-21(18,19)12-7-8-14(16)13(15)9-12/h3-9,17H,2H2,1H3. The molecule has 0 aliphatic heterocycles. The monoisotopic (exact) mass is 329 g/mol. The highest BCUT2D eigenvalue weighted by molar-refractivity contribution is 7.92. The van der Waals surface area contributed by atoms with Crippen LogP contribution in [0.2, 0.25) is 5.02 Å². The summed E-state index contributed by atoms with van der Waals surface area (Å²) in [6, 6.07) is 9.68. The fourth-order valence-electron chi connectivity index (χ4n) is 1.64. The average Bonchev–Trinajstić information content (AvgIpc) is 2.44. The lowest BCUT2D eigenvalue weighted by molar-refractivity contribution is 0.340. The number of sulfonamides is 1. The van der Waals surface area contributed by atoms with Gasteiger partial charge in [0.05, 0.1) is 16.5 Å². The van der Waals surface area contributed by atoms with E-state index < -0.39 is 15.8 Å². The lowest BCUT2D eigenvalue weighted by Gasteiger charge is -2.09. The van der Waals surface area contributed by atoms with Crippen LogP contribution in [0.1, 0.15) is 6.92 Å². The summed E-state index contributed by atoms with van der Waals surface area (Å²) in [7, 11) is -3.82. The Bertz CT molecular complexity index is 732. The normalized spacial score (nSPS) is 11.2. The number of rotatable bonds is 5. The van der Waals surface area contributed by atoms with Crippen molar-refractivity contribution in [3.8, 4) is 5.75 Å². The molecule has 21 heavy (non-hydrogen) atoms. The topological polar surface area (TPSA) is 55.4 Å². The molecule has 7 heteroatoms. The first-order chi connectivity index (χ1) is 9.92. The highest BCUT2D eigenvalue weighted by atomic mass is 35.5. The highest BCUT2D eigenvalue weighted by Gasteiger charge is 2.16. The zero-order valence-electron chi connectivity index (χ0n) is 11.1. The molecule has 0 saturated carbocycles. The van der Waals surface area contributed by atoms with Gasteiger partial charge in [0.15, 0.2) is 0 Å². The summed E-state index contributed by atoms with van der Waals surface area (Å²) >= 11 is 5.59. The van der Waals surface area contributed by atoms with Crippen LogP contribution in [-0.4, -0.2) is 15.0 Å². The molecule has 4 nitrogen and oxygen atoms in total. The first-order valence-electron chi connectivity index (χ1n) is 6.13. The maximum atomic E-state index is 13.1. The quantitative estimate of drug-likeness (QED) is 0.910. The molecular weight excluding hydrogens is 317 g/mol. The molecule has 0 fully saturated rings. The van der Waals surface area contributed by atoms with E-state index in [4.69, 9.17) is 16.3 Å². The zero-order chi connectivity index (χ0) is 15.5. The van der Waals surface area contributed by atoms with Crippen molar-refractivity contribution in [2.45, 2.75) is 11.8 Å². The fraction of sp³-hybridized carbons (Fsp3) is 0.143. The van der Waals surface area contributed by atoms with E-state index in [9.17, 15) is 12.8 Å². The number of benzene rings is 2. The van der Waals surface area contributed by atoms with Crippen LogP contribution >= 0.6 is 11.6 Å². The van der Waals surface area contributed by atoms with Gasteiger partial charge in [0.25, 0.3) is 10.0 Å². The summed E-state index contributed by atoms with van der Waals surface area (Å²) in [5.74, 6) is -0.0260. The third-order valence-electron chi connectivity index (χ3n) is 2.62. The molecule has 112 valence electrons. The SMILES string of the molecule is CCOc1ccc(NS(=O)(=O)c2ccc(F)c(Cl)c2)cc1. The van der Waals surface area contributed by atoms with E-state index in [0.29, 0.717) is 18.0 Å². The number of hydrogen-bond donors (Lipinski definition) is 1. The van der Waals surface area contributed by atoms with E-state index in [-0.39, 0.29) is 9.92 Å². The molecule has 0 aromatic heterocycles. The Morgan fingerprint density at radius 2 is 1.86 bits per heavy atom. The van der Waals surface area contributed by atoms with Crippen molar-refractivity contribution in [3.05, 3.63) is 53.3 Å². The van der Waals surface area contributed by atoms with Gasteiger partial charge in [-0.05, 0) is 49.4 Å². The van der Waals surface area contributed by atoms with E-state index in [1.807, 2.05) is 6.92 Å². The molecule has 2 aromatic carbocycles. The summed E-state index contributed by atoms with van der Waals surface area (Å²) in [6.07, 6.45) is 0. The van der Waals surface area contributed by atoms with Gasteiger partial charge >= 0.3 is 0 Å². The van der Waals surface area contributed by atoms with Gasteiger partial charge in [-0.25, -0.2) is 12.8 Å². The third-order valence-corrected chi connectivity index (χ3v) is 4.29. The van der Waals surface area contributed by atoms with Crippen molar-refractivity contribution < 1.29 is 17.5 Å². The van der Waals surface area contributed by atoms with Crippen molar-refractivity contribution in [1.29, 1.82) is 0 Å². The van der Waals surface area contributed by atoms with E-state index in [0.717, 1.165) is 18.2 Å². The first kappa shape index (κ1) is 15.6. The van der Waals surface area contributed by atoms with Crippen LogP contribution in [0.25, 0.3) is 0 Å². The van der Waals surface area contributed by atoms with Gasteiger partial charge < -0.3 is 4.74 Å². The number of ether oxygens (including phenoxy) is 1. The minimum absolute atomic E-state index is 0.109. The van der Waals surface area contributed by atoms with Crippen LogP contribution in [0.15, 0.2) is 47.4 Å². The minimum atomic E-state index is -3.82. The molecule has 0 spiro atoms. The Morgan fingerprint density at radius 1 is 1.19 bits per heavy atom. The molecule has 0 aliphatic carbocycles. The number of halogens is 2. The maximum Gasteiger partial charge on any atom is 0.261 e. The number of anilines is 1. The van der Waals surface area contributed by atoms with Crippen molar-refractivity contribution >= 4 is 27.3 Å². The predicted molar refractivity (Wildman–Crippen MR) is 79.8 cm³/mol. The summed E-state index contributed by atoms with van der Waals surface area (Å²) in [4.78, 5) is -0.109.